The summed E-state index contributed by atoms with van der Waals surface area (Å²) in [7, 11) is 0. The van der Waals surface area contributed by atoms with Crippen LogP contribution in [0.4, 0.5) is 0 Å². The Morgan fingerprint density at radius 3 is 3.21 bits per heavy atom. The molecule has 0 N–H and O–H groups in total. The van der Waals surface area contributed by atoms with Crippen LogP contribution in [0.3, 0.4) is 0 Å². The lowest BCUT2D eigenvalue weighted by molar-refractivity contribution is 0.0518. The maximum atomic E-state index is 11.1. The quantitative estimate of drug-likeness (QED) is 0.493. The summed E-state index contributed by atoms with van der Waals surface area (Å²) in [6, 6.07) is 0. The highest BCUT2D eigenvalue weighted by atomic mass is 16.7. The molecule has 0 aromatic carbocycles. The van der Waals surface area contributed by atoms with Crippen LogP contribution in [0.15, 0.2) is 18.9 Å². The van der Waals surface area contributed by atoms with Crippen LogP contribution >= 0.6 is 0 Å². The summed E-state index contributed by atoms with van der Waals surface area (Å²) in [5.41, 5.74) is 0.121. The molecule has 6 nitrogen and oxygen atoms in total. The van der Waals surface area contributed by atoms with E-state index in [1.165, 1.54) is 6.20 Å². The Hall–Kier alpha value is -1.85. The van der Waals surface area contributed by atoms with Crippen LogP contribution in [-0.4, -0.2) is 34.3 Å². The number of nitrogens with zero attached hydrogens (tertiary/aromatic N) is 3. The van der Waals surface area contributed by atoms with E-state index in [2.05, 4.69) is 16.9 Å². The van der Waals surface area contributed by atoms with Crippen molar-refractivity contribution in [3.63, 3.8) is 0 Å². The zero-order valence-electron chi connectivity index (χ0n) is 7.84. The van der Waals surface area contributed by atoms with Gasteiger partial charge in [0.05, 0.1) is 6.61 Å². The van der Waals surface area contributed by atoms with Crippen LogP contribution in [0.25, 0.3) is 0 Å². The maximum absolute atomic E-state index is 11.1. The Balaban J connectivity index is 2.58. The van der Waals surface area contributed by atoms with Gasteiger partial charge in [-0.3, -0.25) is 0 Å². The first-order chi connectivity index (χ1) is 6.77. The first-order valence-corrected chi connectivity index (χ1v) is 4.11. The van der Waals surface area contributed by atoms with E-state index in [9.17, 15) is 4.79 Å². The molecule has 1 aromatic heterocycles. The molecule has 0 bridgehead atoms. The number of hydrogen-bond acceptors (Lipinski definition) is 5. The third-order valence-corrected chi connectivity index (χ3v) is 1.28. The molecule has 6 heteroatoms. The van der Waals surface area contributed by atoms with Crippen molar-refractivity contribution in [2.24, 2.45) is 0 Å². The fraction of sp³-hybridized carbons (Fsp3) is 0.375. The van der Waals surface area contributed by atoms with Crippen molar-refractivity contribution in [2.45, 2.75) is 6.92 Å². The number of ether oxygens (including phenoxy) is 1. The highest BCUT2D eigenvalue weighted by molar-refractivity contribution is 5.86. The van der Waals surface area contributed by atoms with E-state index in [1.807, 2.05) is 0 Å². The van der Waals surface area contributed by atoms with Crippen molar-refractivity contribution < 1.29 is 14.4 Å². The standard InChI is InChI=1S/C8H11N3O3/c1-3-5-14-11-6-7(9-10-11)8(12)13-4-2/h3,6H,1,4-5H2,2H3. The lowest BCUT2D eigenvalue weighted by atomic mass is 10.5. The van der Waals surface area contributed by atoms with E-state index in [0.29, 0.717) is 13.2 Å². The molecule has 0 atom stereocenters. The normalized spacial score (nSPS) is 9.50. The van der Waals surface area contributed by atoms with Gasteiger partial charge in [-0.1, -0.05) is 17.5 Å². The Morgan fingerprint density at radius 2 is 2.57 bits per heavy atom. The molecule has 1 heterocycles. The molecular formula is C8H11N3O3. The molecule has 14 heavy (non-hydrogen) atoms. The van der Waals surface area contributed by atoms with E-state index < -0.39 is 5.97 Å². The van der Waals surface area contributed by atoms with Gasteiger partial charge < -0.3 is 9.57 Å². The minimum Gasteiger partial charge on any atom is -0.461 e. The van der Waals surface area contributed by atoms with Crippen LogP contribution in [0.2, 0.25) is 0 Å². The van der Waals surface area contributed by atoms with Crippen molar-refractivity contribution >= 4 is 5.97 Å². The SMILES string of the molecule is C=CCOn1cc(C(=O)OCC)nn1. The van der Waals surface area contributed by atoms with Gasteiger partial charge >= 0.3 is 5.97 Å². The Kier molecular flexibility index (Phi) is 3.66. The molecule has 1 rings (SSSR count). The molecule has 1 aromatic rings. The molecule has 0 fully saturated rings. The lowest BCUT2D eigenvalue weighted by Gasteiger charge is -1.97. The fourth-order valence-corrected chi connectivity index (χ4v) is 0.739. The van der Waals surface area contributed by atoms with E-state index in [-0.39, 0.29) is 5.69 Å². The summed E-state index contributed by atoms with van der Waals surface area (Å²) in [5.74, 6) is -0.513. The molecule has 0 radical (unpaired) electrons. The lowest BCUT2D eigenvalue weighted by Crippen LogP contribution is -2.11. The minimum atomic E-state index is -0.513. The van der Waals surface area contributed by atoms with E-state index in [1.54, 1.807) is 13.0 Å². The van der Waals surface area contributed by atoms with Gasteiger partial charge in [-0.25, -0.2) is 4.79 Å². The Labute approximate surface area is 81.1 Å². The van der Waals surface area contributed by atoms with Crippen molar-refractivity contribution in [1.82, 2.24) is 15.2 Å². The second-order valence-electron chi connectivity index (χ2n) is 2.31. The van der Waals surface area contributed by atoms with Crippen LogP contribution < -0.4 is 4.84 Å². The van der Waals surface area contributed by atoms with E-state index >= 15 is 0 Å². The molecular weight excluding hydrogens is 186 g/mol. The third kappa shape index (κ3) is 2.58. The predicted octanol–water partition coefficient (Wildman–Crippen LogP) is 0.0694. The molecule has 0 amide bonds. The minimum absolute atomic E-state index is 0.121. The van der Waals surface area contributed by atoms with Gasteiger partial charge in [-0.05, 0) is 12.1 Å². The van der Waals surface area contributed by atoms with Gasteiger partial charge in [-0.15, -0.1) is 5.10 Å². The molecule has 0 aliphatic carbocycles. The zero-order valence-corrected chi connectivity index (χ0v) is 7.84. The van der Waals surface area contributed by atoms with Gasteiger partial charge in [0.2, 0.25) is 0 Å². The average molecular weight is 197 g/mol. The van der Waals surface area contributed by atoms with E-state index in [0.717, 1.165) is 4.85 Å². The molecule has 76 valence electrons. The van der Waals surface area contributed by atoms with Crippen molar-refractivity contribution in [3.05, 3.63) is 24.5 Å². The van der Waals surface area contributed by atoms with Crippen molar-refractivity contribution in [2.75, 3.05) is 13.2 Å². The van der Waals surface area contributed by atoms with Crippen molar-refractivity contribution in [3.8, 4) is 0 Å². The molecule has 0 aliphatic rings. The first kappa shape index (κ1) is 10.2. The van der Waals surface area contributed by atoms with Crippen LogP contribution in [-0.2, 0) is 4.74 Å². The second-order valence-corrected chi connectivity index (χ2v) is 2.31. The Morgan fingerprint density at radius 1 is 1.79 bits per heavy atom. The number of aromatic nitrogens is 3. The van der Waals surface area contributed by atoms with Gasteiger partial charge in [0, 0.05) is 0 Å². The summed E-state index contributed by atoms with van der Waals surface area (Å²) < 4.78 is 4.72. The summed E-state index contributed by atoms with van der Waals surface area (Å²) in [6.07, 6.45) is 2.91. The first-order valence-electron chi connectivity index (χ1n) is 4.11. The Bertz CT molecular complexity index is 321. The monoisotopic (exact) mass is 197 g/mol. The molecule has 0 unspecified atom stereocenters. The summed E-state index contributed by atoms with van der Waals surface area (Å²) in [6.45, 7) is 5.79. The fourth-order valence-electron chi connectivity index (χ4n) is 0.739. The molecule has 0 saturated carbocycles. The smallest absolute Gasteiger partial charge is 0.360 e. The number of esters is 1. The van der Waals surface area contributed by atoms with Crippen LogP contribution in [0.1, 0.15) is 17.4 Å². The summed E-state index contributed by atoms with van der Waals surface area (Å²) >= 11 is 0. The highest BCUT2D eigenvalue weighted by Gasteiger charge is 2.11. The van der Waals surface area contributed by atoms with Gasteiger partial charge in [0.25, 0.3) is 0 Å². The number of hydrogen-bond donors (Lipinski definition) is 0. The van der Waals surface area contributed by atoms with Gasteiger partial charge in [0.15, 0.2) is 5.69 Å². The second kappa shape index (κ2) is 5.00. The van der Waals surface area contributed by atoms with E-state index in [4.69, 9.17) is 9.57 Å². The molecule has 0 spiro atoms. The van der Waals surface area contributed by atoms with Crippen LogP contribution in [0, 0.1) is 0 Å². The largest absolute Gasteiger partial charge is 0.461 e. The predicted molar refractivity (Wildman–Crippen MR) is 47.6 cm³/mol. The molecule has 0 aliphatic heterocycles. The van der Waals surface area contributed by atoms with Gasteiger partial charge in [-0.2, -0.15) is 0 Å². The number of carbonyl (C=O) groups is 1. The number of carbonyl (C=O) groups excluding carboxylic acids is 1. The third-order valence-electron chi connectivity index (χ3n) is 1.28. The maximum Gasteiger partial charge on any atom is 0.360 e. The topological polar surface area (TPSA) is 66.2 Å². The van der Waals surface area contributed by atoms with Crippen molar-refractivity contribution in [1.29, 1.82) is 0 Å². The molecule has 0 saturated heterocycles. The summed E-state index contributed by atoms with van der Waals surface area (Å²) in [4.78, 5) is 17.2. The average Bonchev–Trinajstić information content (AvgIpc) is 2.63. The highest BCUT2D eigenvalue weighted by Crippen LogP contribution is 1.94. The zero-order chi connectivity index (χ0) is 10.4. The number of rotatable bonds is 5. The van der Waals surface area contributed by atoms with Gasteiger partial charge in [0.1, 0.15) is 12.8 Å². The summed E-state index contributed by atoms with van der Waals surface area (Å²) in [5, 5.41) is 7.12. The van der Waals surface area contributed by atoms with Crippen LogP contribution in [0.5, 0.6) is 0 Å².